The molecule has 0 N–H and O–H groups in total. The van der Waals surface area contributed by atoms with Crippen LogP contribution in [0.1, 0.15) is 40.0 Å². The molecule has 21 heavy (non-hydrogen) atoms. The van der Waals surface area contributed by atoms with Crippen molar-refractivity contribution in [1.82, 2.24) is 14.8 Å². The van der Waals surface area contributed by atoms with Gasteiger partial charge in [0.05, 0.1) is 5.04 Å². The maximum Gasteiger partial charge on any atom is 0.245 e. The van der Waals surface area contributed by atoms with Gasteiger partial charge in [0.15, 0.2) is 5.16 Å². The molecule has 1 unspecified atom stereocenters. The van der Waals surface area contributed by atoms with Crippen LogP contribution in [0.2, 0.25) is 0 Å². The first-order valence-electron chi connectivity index (χ1n) is 8.19. The summed E-state index contributed by atoms with van der Waals surface area (Å²) in [5.41, 5.74) is 0. The first-order valence-corrected chi connectivity index (χ1v) is 9.72. The molecular weight excluding hydrogens is 282 g/mol. The van der Waals surface area contributed by atoms with Crippen molar-refractivity contribution in [3.05, 3.63) is 0 Å². The number of aryl methyl sites for hydroxylation is 1. The molecule has 0 aromatic carbocycles. The molecule has 0 aliphatic carbocycles. The van der Waals surface area contributed by atoms with Gasteiger partial charge >= 0.3 is 0 Å². The molecule has 0 saturated carbocycles. The lowest BCUT2D eigenvalue weighted by molar-refractivity contribution is 0.594. The minimum atomic E-state index is -0.344. The summed E-state index contributed by atoms with van der Waals surface area (Å²) < 4.78 is 2.13. The fourth-order valence-corrected chi connectivity index (χ4v) is 5.55. The number of aliphatic imine (C=N–C) groups is 1. The Morgan fingerprint density at radius 3 is 2.67 bits per heavy atom. The van der Waals surface area contributed by atoms with Gasteiger partial charge in [-0.1, -0.05) is 13.8 Å². The van der Waals surface area contributed by atoms with Crippen molar-refractivity contribution in [2.75, 3.05) is 30.3 Å². The second-order valence-corrected chi connectivity index (χ2v) is 8.49. The molecule has 0 amide bonds. The van der Waals surface area contributed by atoms with Gasteiger partial charge in [-0.05, 0) is 32.1 Å². The van der Waals surface area contributed by atoms with Gasteiger partial charge in [0, 0.05) is 31.9 Å². The number of hydrogen-bond donors (Lipinski definition) is 1. The van der Waals surface area contributed by atoms with Gasteiger partial charge in [0.1, 0.15) is 0 Å². The van der Waals surface area contributed by atoms with E-state index >= 15 is 0 Å². The molecule has 1 aromatic rings. The molecule has 5 nitrogen and oxygen atoms in total. The standard InChI is InChI=1S/C15H27N5S/c1-4-20-15(17-14(18-20)19-8-5-6-9-19)21-10-7-16-13(21)11-12(2)3/h12,21H,4-11H2,1-3H3. The zero-order valence-corrected chi connectivity index (χ0v) is 14.3. The summed E-state index contributed by atoms with van der Waals surface area (Å²) in [5.74, 6) is 2.78. The monoisotopic (exact) mass is 309 g/mol. The smallest absolute Gasteiger partial charge is 0.245 e. The second kappa shape index (κ2) is 6.38. The van der Waals surface area contributed by atoms with Crippen LogP contribution in [0.3, 0.4) is 0 Å². The van der Waals surface area contributed by atoms with Crippen LogP contribution in [0.4, 0.5) is 5.95 Å². The fraction of sp³-hybridized carbons (Fsp3) is 0.800. The molecule has 1 atom stereocenters. The Morgan fingerprint density at radius 2 is 2.00 bits per heavy atom. The molecule has 118 valence electrons. The number of hydrogen-bond acceptors (Lipinski definition) is 4. The molecule has 3 heterocycles. The molecule has 0 radical (unpaired) electrons. The van der Waals surface area contributed by atoms with Gasteiger partial charge in [-0.2, -0.15) is 15.9 Å². The maximum atomic E-state index is 4.93. The SMILES string of the molecule is CCn1nc(N2CCCC2)nc1[SH]1CCN=C1CC(C)C. The summed E-state index contributed by atoms with van der Waals surface area (Å²) in [6, 6.07) is 0. The first kappa shape index (κ1) is 14.9. The van der Waals surface area contributed by atoms with E-state index in [0.29, 0.717) is 5.92 Å². The average Bonchev–Trinajstić information content (AvgIpc) is 3.17. The van der Waals surface area contributed by atoms with Crippen molar-refractivity contribution >= 4 is 21.9 Å². The van der Waals surface area contributed by atoms with Crippen LogP contribution in [0.25, 0.3) is 0 Å². The van der Waals surface area contributed by atoms with Crippen molar-refractivity contribution in [2.24, 2.45) is 10.9 Å². The minimum Gasteiger partial charge on any atom is -0.340 e. The lowest BCUT2D eigenvalue weighted by Gasteiger charge is -2.18. The van der Waals surface area contributed by atoms with E-state index in [1.54, 1.807) is 0 Å². The Bertz CT molecular complexity index is 516. The molecule has 2 aliphatic rings. The number of nitrogens with zero attached hydrogens (tertiary/aromatic N) is 5. The molecule has 3 rings (SSSR count). The van der Waals surface area contributed by atoms with E-state index in [4.69, 9.17) is 15.1 Å². The van der Waals surface area contributed by atoms with Crippen LogP contribution >= 0.6 is 10.9 Å². The maximum absolute atomic E-state index is 4.93. The Kier molecular flexibility index (Phi) is 4.52. The topological polar surface area (TPSA) is 46.3 Å². The predicted molar refractivity (Wildman–Crippen MR) is 91.0 cm³/mol. The van der Waals surface area contributed by atoms with E-state index < -0.39 is 0 Å². The van der Waals surface area contributed by atoms with Crippen LogP contribution in [0.5, 0.6) is 0 Å². The van der Waals surface area contributed by atoms with Crippen molar-refractivity contribution in [2.45, 2.75) is 51.7 Å². The quantitative estimate of drug-likeness (QED) is 0.851. The molecule has 2 aliphatic heterocycles. The van der Waals surface area contributed by atoms with Crippen LogP contribution in [0.15, 0.2) is 10.1 Å². The number of aromatic nitrogens is 3. The summed E-state index contributed by atoms with van der Waals surface area (Å²) in [4.78, 5) is 12.0. The number of rotatable bonds is 5. The van der Waals surface area contributed by atoms with Crippen LogP contribution < -0.4 is 4.90 Å². The fourth-order valence-electron chi connectivity index (χ4n) is 3.03. The highest BCUT2D eigenvalue weighted by molar-refractivity contribution is 8.30. The Hall–Kier alpha value is -1.04. The predicted octanol–water partition coefficient (Wildman–Crippen LogP) is 2.72. The van der Waals surface area contributed by atoms with E-state index in [1.807, 2.05) is 0 Å². The lowest BCUT2D eigenvalue weighted by Crippen LogP contribution is -2.19. The van der Waals surface area contributed by atoms with E-state index in [9.17, 15) is 0 Å². The number of thiol groups is 1. The van der Waals surface area contributed by atoms with E-state index in [-0.39, 0.29) is 10.9 Å². The largest absolute Gasteiger partial charge is 0.340 e. The second-order valence-electron chi connectivity index (χ2n) is 6.27. The number of anilines is 1. The van der Waals surface area contributed by atoms with Gasteiger partial charge in [-0.25, -0.2) is 4.68 Å². The molecule has 1 saturated heterocycles. The molecule has 1 fully saturated rings. The highest BCUT2D eigenvalue weighted by Crippen LogP contribution is 2.42. The van der Waals surface area contributed by atoms with Crippen molar-refractivity contribution in [1.29, 1.82) is 0 Å². The Balaban J connectivity index is 1.85. The molecule has 0 spiro atoms. The van der Waals surface area contributed by atoms with Crippen molar-refractivity contribution in [3.8, 4) is 0 Å². The summed E-state index contributed by atoms with van der Waals surface area (Å²) in [5, 5.41) is 7.36. The summed E-state index contributed by atoms with van der Waals surface area (Å²) in [6.07, 6.45) is 3.65. The van der Waals surface area contributed by atoms with Gasteiger partial charge < -0.3 is 4.90 Å². The van der Waals surface area contributed by atoms with Gasteiger partial charge in [0.25, 0.3) is 0 Å². The van der Waals surface area contributed by atoms with Gasteiger partial charge in [-0.15, -0.1) is 5.10 Å². The van der Waals surface area contributed by atoms with Crippen LogP contribution in [-0.2, 0) is 6.54 Å². The molecule has 0 bridgehead atoms. The minimum absolute atomic E-state index is 0.344. The van der Waals surface area contributed by atoms with E-state index in [0.717, 1.165) is 44.3 Å². The lowest BCUT2D eigenvalue weighted by atomic mass is 10.1. The molecule has 6 heteroatoms. The molecule has 1 aromatic heterocycles. The Morgan fingerprint density at radius 1 is 1.24 bits per heavy atom. The third kappa shape index (κ3) is 3.10. The van der Waals surface area contributed by atoms with Crippen LogP contribution in [0, 0.1) is 5.92 Å². The van der Waals surface area contributed by atoms with Gasteiger partial charge in [-0.3, -0.25) is 4.99 Å². The highest BCUT2D eigenvalue weighted by Gasteiger charge is 2.27. The summed E-state index contributed by atoms with van der Waals surface area (Å²) in [6.45, 7) is 10.8. The molecular formula is C15H27N5S. The normalized spacial score (nSPS) is 24.1. The van der Waals surface area contributed by atoms with Gasteiger partial charge in [0.2, 0.25) is 5.95 Å². The zero-order valence-electron chi connectivity index (χ0n) is 13.4. The Labute approximate surface area is 130 Å². The first-order chi connectivity index (χ1) is 10.2. The highest BCUT2D eigenvalue weighted by atomic mass is 32.2. The third-order valence-electron chi connectivity index (χ3n) is 4.09. The zero-order chi connectivity index (χ0) is 14.8. The van der Waals surface area contributed by atoms with E-state index in [1.165, 1.54) is 23.0 Å². The van der Waals surface area contributed by atoms with Crippen LogP contribution in [-0.4, -0.2) is 45.2 Å². The average molecular weight is 309 g/mol. The van der Waals surface area contributed by atoms with Crippen molar-refractivity contribution < 1.29 is 0 Å². The third-order valence-corrected chi connectivity index (χ3v) is 6.50. The van der Waals surface area contributed by atoms with Crippen molar-refractivity contribution in [3.63, 3.8) is 0 Å². The van der Waals surface area contributed by atoms with E-state index in [2.05, 4.69) is 30.4 Å². The summed E-state index contributed by atoms with van der Waals surface area (Å²) in [7, 11) is -0.344. The summed E-state index contributed by atoms with van der Waals surface area (Å²) >= 11 is 0.